The number of hydrogen-bond donors (Lipinski definition) is 2. The molecule has 0 saturated carbocycles. The third-order valence-corrected chi connectivity index (χ3v) is 5.15. The Morgan fingerprint density at radius 2 is 1.96 bits per heavy atom. The number of amides is 1. The predicted octanol–water partition coefficient (Wildman–Crippen LogP) is 3.69. The van der Waals surface area contributed by atoms with Crippen LogP contribution in [0.15, 0.2) is 42.5 Å². The van der Waals surface area contributed by atoms with Gasteiger partial charge in [-0.2, -0.15) is 11.8 Å². The van der Waals surface area contributed by atoms with Gasteiger partial charge >= 0.3 is 12.1 Å². The third kappa shape index (κ3) is 4.02. The Hall–Kier alpha value is -2.47. The first-order valence-electron chi connectivity index (χ1n) is 8.44. The first-order valence-corrected chi connectivity index (χ1v) is 9.83. The van der Waals surface area contributed by atoms with Gasteiger partial charge in [0.2, 0.25) is 0 Å². The Balaban J connectivity index is 1.64. The second-order valence-corrected chi connectivity index (χ2v) is 7.16. The molecule has 0 spiro atoms. The fourth-order valence-corrected chi connectivity index (χ4v) is 3.65. The molecule has 1 atom stereocenters. The number of nitrogens with one attached hydrogen (secondary N) is 1. The molecule has 0 fully saturated rings. The smallest absolute Gasteiger partial charge is 0.408 e. The highest BCUT2D eigenvalue weighted by molar-refractivity contribution is 7.98. The Morgan fingerprint density at radius 3 is 2.73 bits per heavy atom. The summed E-state index contributed by atoms with van der Waals surface area (Å²) < 4.78 is 5.29. The van der Waals surface area contributed by atoms with Gasteiger partial charge in [-0.05, 0) is 52.7 Å². The molecule has 0 unspecified atom stereocenters. The van der Waals surface area contributed by atoms with E-state index in [9.17, 15) is 14.7 Å². The Bertz CT molecular complexity index is 821. The quantitative estimate of drug-likeness (QED) is 0.662. The molecule has 6 heteroatoms. The molecule has 0 aliphatic heterocycles. The molecule has 5 nitrogen and oxygen atoms in total. The zero-order chi connectivity index (χ0) is 18.5. The zero-order valence-corrected chi connectivity index (χ0v) is 15.3. The number of aliphatic carboxylic acids is 1. The van der Waals surface area contributed by atoms with Gasteiger partial charge in [0.15, 0.2) is 0 Å². The van der Waals surface area contributed by atoms with E-state index in [1.165, 1.54) is 34.0 Å². The van der Waals surface area contributed by atoms with Crippen molar-refractivity contribution in [2.75, 3.05) is 12.0 Å². The van der Waals surface area contributed by atoms with E-state index in [0.717, 1.165) is 12.0 Å². The number of rotatable bonds is 7. The molecule has 26 heavy (non-hydrogen) atoms. The van der Waals surface area contributed by atoms with E-state index in [1.807, 2.05) is 30.5 Å². The van der Waals surface area contributed by atoms with E-state index in [-0.39, 0.29) is 6.61 Å². The maximum Gasteiger partial charge on any atom is 0.408 e. The van der Waals surface area contributed by atoms with Gasteiger partial charge in [0, 0.05) is 0 Å². The topological polar surface area (TPSA) is 75.6 Å². The van der Waals surface area contributed by atoms with Crippen molar-refractivity contribution in [2.45, 2.75) is 25.5 Å². The summed E-state index contributed by atoms with van der Waals surface area (Å²) in [5, 5.41) is 11.6. The van der Waals surface area contributed by atoms with Crippen LogP contribution in [0.1, 0.15) is 23.1 Å². The number of thioether (sulfide) groups is 1. The summed E-state index contributed by atoms with van der Waals surface area (Å²) >= 11 is 1.54. The molecule has 0 heterocycles. The molecule has 2 aromatic rings. The van der Waals surface area contributed by atoms with Crippen LogP contribution in [0.3, 0.4) is 0 Å². The molecule has 2 N–H and O–H groups in total. The molecule has 0 radical (unpaired) electrons. The summed E-state index contributed by atoms with van der Waals surface area (Å²) in [7, 11) is 0. The van der Waals surface area contributed by atoms with Crippen LogP contribution in [-0.2, 0) is 22.6 Å². The number of fused-ring (bicyclic) bond motifs is 3. The number of carboxylic acids is 1. The van der Waals surface area contributed by atoms with Gasteiger partial charge < -0.3 is 15.2 Å². The molecule has 0 saturated heterocycles. The first kappa shape index (κ1) is 18.3. The lowest BCUT2D eigenvalue weighted by Gasteiger charge is -2.15. The van der Waals surface area contributed by atoms with Crippen molar-refractivity contribution in [3.63, 3.8) is 0 Å². The molecule has 1 aliphatic rings. The van der Waals surface area contributed by atoms with Crippen LogP contribution in [-0.4, -0.2) is 35.2 Å². The average molecular weight is 371 g/mol. The highest BCUT2D eigenvalue weighted by Crippen LogP contribution is 2.38. The maximum atomic E-state index is 12.0. The molecule has 2 aromatic carbocycles. The maximum absolute atomic E-state index is 12.0. The molecule has 1 aliphatic carbocycles. The second kappa shape index (κ2) is 8.27. The van der Waals surface area contributed by atoms with Crippen LogP contribution in [0.25, 0.3) is 11.1 Å². The number of ether oxygens (including phenoxy) is 1. The summed E-state index contributed by atoms with van der Waals surface area (Å²) in [6.45, 7) is 0.123. The lowest BCUT2D eigenvalue weighted by atomic mass is 10.0. The Kier molecular flexibility index (Phi) is 5.83. The molecule has 136 valence electrons. The van der Waals surface area contributed by atoms with Crippen molar-refractivity contribution in [1.29, 1.82) is 0 Å². The van der Waals surface area contributed by atoms with Crippen LogP contribution in [0, 0.1) is 0 Å². The summed E-state index contributed by atoms with van der Waals surface area (Å²) in [5.41, 5.74) is 5.77. The normalized spacial score (nSPS) is 12.8. The molecular weight excluding hydrogens is 350 g/mol. The van der Waals surface area contributed by atoms with Gasteiger partial charge in [-0.25, -0.2) is 9.59 Å². The summed E-state index contributed by atoms with van der Waals surface area (Å²) in [6.07, 6.45) is 2.37. The number of alkyl carbamates (subject to hydrolysis) is 1. The number of carboxylic acid groups (broad SMARTS) is 1. The number of carbonyl (C=O) groups excluding carboxylic acids is 1. The number of carbonyl (C=O) groups is 2. The second-order valence-electron chi connectivity index (χ2n) is 6.17. The van der Waals surface area contributed by atoms with Gasteiger partial charge in [-0.3, -0.25) is 0 Å². The minimum absolute atomic E-state index is 0.123. The summed E-state index contributed by atoms with van der Waals surface area (Å²) in [6, 6.07) is 13.3. The molecule has 3 rings (SSSR count). The predicted molar refractivity (Wildman–Crippen MR) is 102 cm³/mol. The van der Waals surface area contributed by atoms with Crippen LogP contribution < -0.4 is 5.32 Å². The molecule has 0 bridgehead atoms. The lowest BCUT2D eigenvalue weighted by Crippen LogP contribution is -2.41. The monoisotopic (exact) mass is 371 g/mol. The summed E-state index contributed by atoms with van der Waals surface area (Å²) in [5.74, 6) is -0.395. The number of hydrogen-bond acceptors (Lipinski definition) is 4. The zero-order valence-electron chi connectivity index (χ0n) is 14.5. The van der Waals surface area contributed by atoms with Crippen molar-refractivity contribution >= 4 is 23.8 Å². The van der Waals surface area contributed by atoms with Crippen molar-refractivity contribution in [2.24, 2.45) is 0 Å². The third-order valence-electron chi connectivity index (χ3n) is 4.51. The van der Waals surface area contributed by atoms with E-state index in [0.29, 0.717) is 12.2 Å². The van der Waals surface area contributed by atoms with Crippen LogP contribution in [0.5, 0.6) is 0 Å². The van der Waals surface area contributed by atoms with Crippen molar-refractivity contribution in [3.8, 4) is 11.1 Å². The molecule has 0 aromatic heterocycles. The highest BCUT2D eigenvalue weighted by atomic mass is 32.2. The van der Waals surface area contributed by atoms with E-state index >= 15 is 0 Å². The van der Waals surface area contributed by atoms with E-state index in [4.69, 9.17) is 4.74 Å². The van der Waals surface area contributed by atoms with Gasteiger partial charge in [0.05, 0.1) is 0 Å². The highest BCUT2D eigenvalue weighted by Gasteiger charge is 2.22. The number of benzene rings is 2. The first-order chi connectivity index (χ1) is 12.6. The lowest BCUT2D eigenvalue weighted by molar-refractivity contribution is -0.139. The fourth-order valence-electron chi connectivity index (χ4n) is 3.18. The largest absolute Gasteiger partial charge is 0.480 e. The Morgan fingerprint density at radius 1 is 1.19 bits per heavy atom. The van der Waals surface area contributed by atoms with E-state index in [2.05, 4.69) is 23.5 Å². The van der Waals surface area contributed by atoms with Crippen molar-refractivity contribution in [3.05, 3.63) is 59.2 Å². The fraction of sp³-hybridized carbons (Fsp3) is 0.300. The van der Waals surface area contributed by atoms with Crippen molar-refractivity contribution in [1.82, 2.24) is 5.32 Å². The van der Waals surface area contributed by atoms with Gasteiger partial charge in [-0.15, -0.1) is 0 Å². The van der Waals surface area contributed by atoms with Crippen LogP contribution >= 0.6 is 11.8 Å². The van der Waals surface area contributed by atoms with Crippen molar-refractivity contribution < 1.29 is 19.4 Å². The van der Waals surface area contributed by atoms with Gasteiger partial charge in [-0.1, -0.05) is 42.5 Å². The van der Waals surface area contributed by atoms with Gasteiger partial charge in [0.25, 0.3) is 0 Å². The average Bonchev–Trinajstić information content (AvgIpc) is 3.02. The minimum atomic E-state index is -1.05. The summed E-state index contributed by atoms with van der Waals surface area (Å²) in [4.78, 5) is 23.2. The minimum Gasteiger partial charge on any atom is -0.480 e. The molecular formula is C20H21NO4S. The standard InChI is InChI=1S/C20H21NO4S/c1-26-10-9-18(19(22)23)21-20(24)25-12-14-6-4-8-16-15-7-3-2-5-13(15)11-17(14)16/h2-8,18H,9-12H2,1H3,(H,21,24)(H,22,23)/t18-/m0/s1. The van der Waals surface area contributed by atoms with E-state index < -0.39 is 18.1 Å². The van der Waals surface area contributed by atoms with Gasteiger partial charge in [0.1, 0.15) is 12.6 Å². The van der Waals surface area contributed by atoms with Crippen LogP contribution in [0.4, 0.5) is 4.79 Å². The SMILES string of the molecule is CSCC[C@H](NC(=O)OCc1cccc2c1Cc1ccccc1-2)C(=O)O. The van der Waals surface area contributed by atoms with E-state index in [1.54, 1.807) is 0 Å². The van der Waals surface area contributed by atoms with Crippen LogP contribution in [0.2, 0.25) is 0 Å². The molecule has 1 amide bonds. The Labute approximate surface area is 156 Å².